The molecule has 3 aliphatic heterocycles. The minimum Gasteiger partial charge on any atom is -0.493 e. The SMILES string of the molecule is C=CCOc1ccc([C@H]2[C@H]([N+](=O)[O-])[C@@]3(C(=O)Nc4ccccc43)N3CCC[C@@H]23)cc1OC. The predicted octanol–water partition coefficient (Wildman–Crippen LogP) is 3.31. The normalized spacial score (nSPS) is 28.3. The zero-order chi connectivity index (χ0) is 22.5. The first-order valence-corrected chi connectivity index (χ1v) is 10.8. The van der Waals surface area contributed by atoms with Gasteiger partial charge < -0.3 is 14.8 Å². The van der Waals surface area contributed by atoms with Gasteiger partial charge in [-0.15, -0.1) is 0 Å². The van der Waals surface area contributed by atoms with Crippen molar-refractivity contribution >= 4 is 11.6 Å². The summed E-state index contributed by atoms with van der Waals surface area (Å²) in [4.78, 5) is 27.9. The van der Waals surface area contributed by atoms with Crippen LogP contribution in [0.2, 0.25) is 0 Å². The van der Waals surface area contributed by atoms with E-state index in [1.165, 1.54) is 0 Å². The fraction of sp³-hybridized carbons (Fsp3) is 0.375. The van der Waals surface area contributed by atoms with Crippen LogP contribution >= 0.6 is 0 Å². The van der Waals surface area contributed by atoms with E-state index in [0.29, 0.717) is 35.9 Å². The number of hydrogen-bond acceptors (Lipinski definition) is 6. The lowest BCUT2D eigenvalue weighted by molar-refractivity contribution is -0.534. The highest BCUT2D eigenvalue weighted by atomic mass is 16.6. The Morgan fingerprint density at radius 2 is 2.12 bits per heavy atom. The van der Waals surface area contributed by atoms with Crippen molar-refractivity contribution in [2.45, 2.75) is 36.4 Å². The number of nitrogens with one attached hydrogen (secondary N) is 1. The molecule has 0 bridgehead atoms. The van der Waals surface area contributed by atoms with E-state index in [9.17, 15) is 14.9 Å². The maximum atomic E-state index is 13.5. The fourth-order valence-corrected chi connectivity index (χ4v) is 5.93. The number of nitro groups is 1. The average Bonchev–Trinajstić information content (AvgIpc) is 3.45. The average molecular weight is 435 g/mol. The lowest BCUT2D eigenvalue weighted by Gasteiger charge is -2.32. The van der Waals surface area contributed by atoms with Gasteiger partial charge in [-0.25, -0.2) is 0 Å². The van der Waals surface area contributed by atoms with E-state index in [1.807, 2.05) is 36.4 Å². The predicted molar refractivity (Wildman–Crippen MR) is 119 cm³/mol. The highest BCUT2D eigenvalue weighted by Gasteiger charge is 2.73. The van der Waals surface area contributed by atoms with Crippen LogP contribution in [0.3, 0.4) is 0 Å². The Morgan fingerprint density at radius 3 is 2.88 bits per heavy atom. The van der Waals surface area contributed by atoms with Crippen LogP contribution in [-0.2, 0) is 10.3 Å². The number of ether oxygens (including phenoxy) is 2. The highest BCUT2D eigenvalue weighted by molar-refractivity contribution is 6.07. The molecule has 1 spiro atoms. The Balaban J connectivity index is 1.67. The topological polar surface area (TPSA) is 93.9 Å². The maximum absolute atomic E-state index is 13.5. The third-order valence-corrected chi connectivity index (χ3v) is 7.02. The van der Waals surface area contributed by atoms with Crippen LogP contribution in [0.1, 0.15) is 29.9 Å². The molecule has 2 fully saturated rings. The first-order valence-electron chi connectivity index (χ1n) is 10.8. The molecule has 32 heavy (non-hydrogen) atoms. The quantitative estimate of drug-likeness (QED) is 0.425. The second kappa shape index (κ2) is 7.63. The maximum Gasteiger partial charge on any atom is 0.256 e. The lowest BCUT2D eigenvalue weighted by Crippen LogP contribution is -2.55. The Labute approximate surface area is 186 Å². The molecular formula is C24H25N3O5. The molecule has 2 saturated heterocycles. The van der Waals surface area contributed by atoms with Crippen molar-refractivity contribution < 1.29 is 19.2 Å². The van der Waals surface area contributed by atoms with Crippen LogP contribution < -0.4 is 14.8 Å². The molecule has 1 N–H and O–H groups in total. The van der Waals surface area contributed by atoms with E-state index >= 15 is 0 Å². The van der Waals surface area contributed by atoms with Crippen molar-refractivity contribution in [1.29, 1.82) is 0 Å². The van der Waals surface area contributed by atoms with Crippen LogP contribution in [-0.4, -0.2) is 48.1 Å². The number of methoxy groups -OCH3 is 1. The lowest BCUT2D eigenvalue weighted by atomic mass is 9.77. The van der Waals surface area contributed by atoms with Crippen molar-refractivity contribution in [2.75, 3.05) is 25.6 Å². The summed E-state index contributed by atoms with van der Waals surface area (Å²) in [5.74, 6) is 0.279. The number of rotatable bonds is 6. The second-order valence-corrected chi connectivity index (χ2v) is 8.44. The number of fused-ring (bicyclic) bond motifs is 4. The highest BCUT2D eigenvalue weighted by Crippen LogP contribution is 2.58. The van der Waals surface area contributed by atoms with E-state index in [2.05, 4.69) is 16.8 Å². The van der Waals surface area contributed by atoms with Gasteiger partial charge in [-0.1, -0.05) is 36.9 Å². The van der Waals surface area contributed by atoms with Gasteiger partial charge in [0.25, 0.3) is 11.9 Å². The second-order valence-electron chi connectivity index (χ2n) is 8.44. The van der Waals surface area contributed by atoms with Gasteiger partial charge in [0.1, 0.15) is 6.61 Å². The third kappa shape index (κ3) is 2.69. The minimum atomic E-state index is -1.32. The molecule has 3 heterocycles. The van der Waals surface area contributed by atoms with Gasteiger partial charge in [-0.2, -0.15) is 0 Å². The van der Waals surface area contributed by atoms with Crippen molar-refractivity contribution in [3.63, 3.8) is 0 Å². The van der Waals surface area contributed by atoms with Gasteiger partial charge in [0.15, 0.2) is 17.0 Å². The molecule has 2 aromatic rings. The zero-order valence-corrected chi connectivity index (χ0v) is 17.8. The monoisotopic (exact) mass is 435 g/mol. The summed E-state index contributed by atoms with van der Waals surface area (Å²) in [6, 6.07) is 11.5. The smallest absolute Gasteiger partial charge is 0.256 e. The largest absolute Gasteiger partial charge is 0.493 e. The van der Waals surface area contributed by atoms with E-state index < -0.39 is 17.5 Å². The van der Waals surface area contributed by atoms with Gasteiger partial charge >= 0.3 is 0 Å². The summed E-state index contributed by atoms with van der Waals surface area (Å²) >= 11 is 0. The van der Waals surface area contributed by atoms with Crippen LogP contribution in [0.15, 0.2) is 55.1 Å². The molecule has 4 atom stereocenters. The van der Waals surface area contributed by atoms with Gasteiger partial charge in [-0.05, 0) is 36.6 Å². The number of nitrogens with zero attached hydrogens (tertiary/aromatic N) is 2. The Bertz CT molecular complexity index is 1100. The van der Waals surface area contributed by atoms with E-state index in [0.717, 1.165) is 18.4 Å². The number of para-hydroxylation sites is 1. The molecule has 0 saturated carbocycles. The summed E-state index contributed by atoms with van der Waals surface area (Å²) in [7, 11) is 1.55. The number of benzene rings is 2. The zero-order valence-electron chi connectivity index (χ0n) is 17.8. The molecule has 5 rings (SSSR count). The molecule has 2 aromatic carbocycles. The Morgan fingerprint density at radius 1 is 1.31 bits per heavy atom. The summed E-state index contributed by atoms with van der Waals surface area (Å²) in [5, 5.41) is 15.5. The van der Waals surface area contributed by atoms with Crippen LogP contribution in [0, 0.1) is 10.1 Å². The Kier molecular flexibility index (Phi) is 4.89. The van der Waals surface area contributed by atoms with Gasteiger partial charge in [0, 0.05) is 28.8 Å². The van der Waals surface area contributed by atoms with E-state index in [4.69, 9.17) is 9.47 Å². The summed E-state index contributed by atoms with van der Waals surface area (Å²) in [5.41, 5.74) is 0.804. The molecule has 0 aromatic heterocycles. The molecule has 1 amide bonds. The van der Waals surface area contributed by atoms with Gasteiger partial charge in [0.2, 0.25) is 0 Å². The van der Waals surface area contributed by atoms with Crippen molar-refractivity contribution in [3.05, 3.63) is 76.4 Å². The van der Waals surface area contributed by atoms with Gasteiger partial charge in [-0.3, -0.25) is 19.8 Å². The fourth-order valence-electron chi connectivity index (χ4n) is 5.93. The molecule has 0 aliphatic carbocycles. The number of carbonyl (C=O) groups excluding carboxylic acids is 1. The number of anilines is 1. The standard InChI is InChI=1S/C24H25N3O5/c1-3-13-32-19-11-10-15(14-20(19)31-2)21-18-9-6-12-26(18)24(22(21)27(29)30)16-7-4-5-8-17(16)25-23(24)28/h3-5,7-8,10-11,14,18,21-22H,1,6,9,12-13H2,2H3,(H,25,28)/t18-,21+,22-,24-/m0/s1. The number of carbonyl (C=O) groups is 1. The van der Waals surface area contributed by atoms with Gasteiger partial charge in [0.05, 0.1) is 13.0 Å². The third-order valence-electron chi connectivity index (χ3n) is 7.02. The molecular weight excluding hydrogens is 410 g/mol. The van der Waals surface area contributed by atoms with Crippen LogP contribution in [0.4, 0.5) is 5.69 Å². The van der Waals surface area contributed by atoms with Crippen LogP contribution in [0.5, 0.6) is 11.5 Å². The van der Waals surface area contributed by atoms with Crippen LogP contribution in [0.25, 0.3) is 0 Å². The van der Waals surface area contributed by atoms with Crippen molar-refractivity contribution in [3.8, 4) is 11.5 Å². The minimum absolute atomic E-state index is 0.119. The summed E-state index contributed by atoms with van der Waals surface area (Å²) < 4.78 is 11.2. The molecule has 0 radical (unpaired) electrons. The number of amides is 1. The molecule has 0 unspecified atom stereocenters. The van der Waals surface area contributed by atoms with Crippen molar-refractivity contribution in [2.24, 2.45) is 0 Å². The first kappa shape index (κ1) is 20.5. The molecule has 8 heteroatoms. The molecule has 8 nitrogen and oxygen atoms in total. The molecule has 166 valence electrons. The number of hydrogen-bond donors (Lipinski definition) is 1. The summed E-state index contributed by atoms with van der Waals surface area (Å²) in [6.45, 7) is 4.63. The van der Waals surface area contributed by atoms with E-state index in [1.54, 1.807) is 19.3 Å². The van der Waals surface area contributed by atoms with Crippen molar-refractivity contribution in [1.82, 2.24) is 4.90 Å². The van der Waals surface area contributed by atoms with E-state index in [-0.39, 0.29) is 16.9 Å². The first-order chi connectivity index (χ1) is 15.5. The summed E-state index contributed by atoms with van der Waals surface area (Å²) in [6.07, 6.45) is 3.33. The Hall–Kier alpha value is -3.39. The molecule has 3 aliphatic rings.